The average molecular weight is 329 g/mol. The van der Waals surface area contributed by atoms with Crippen LogP contribution in [0, 0.1) is 5.21 Å². The van der Waals surface area contributed by atoms with Gasteiger partial charge in [-0.25, -0.2) is 4.79 Å². The second kappa shape index (κ2) is 9.38. The molecule has 22 heavy (non-hydrogen) atoms. The number of carbonyl (C=O) groups is 2. The third-order valence-electron chi connectivity index (χ3n) is 2.59. The smallest absolute Gasteiger partial charge is 0.329 e. The first kappa shape index (κ1) is 18.4. The van der Waals surface area contributed by atoms with Crippen molar-refractivity contribution in [2.45, 2.75) is 19.6 Å². The first-order valence-electron chi connectivity index (χ1n) is 6.44. The normalized spacial score (nSPS) is 12.0. The molecule has 9 heteroatoms. The topological polar surface area (TPSA) is 111 Å². The van der Waals surface area contributed by atoms with Crippen molar-refractivity contribution in [1.82, 2.24) is 10.7 Å². The lowest BCUT2D eigenvalue weighted by Crippen LogP contribution is -2.43. The molecule has 1 aromatic rings. The Balaban J connectivity index is 2.71. The van der Waals surface area contributed by atoms with Gasteiger partial charge in [0.05, 0.1) is 13.2 Å². The molecule has 0 heterocycles. The van der Waals surface area contributed by atoms with Gasteiger partial charge >= 0.3 is 5.97 Å². The minimum atomic E-state index is -0.856. The lowest BCUT2D eigenvalue weighted by molar-refractivity contribution is -0.312. The number of thiol groups is 1. The Bertz CT molecular complexity index is 511. The Kier molecular flexibility index (Phi) is 7.85. The second-order valence-electron chi connectivity index (χ2n) is 4.17. The maximum absolute atomic E-state index is 12.1. The van der Waals surface area contributed by atoms with Crippen molar-refractivity contribution in [3.63, 3.8) is 0 Å². The quantitative estimate of drug-likeness (QED) is 0.369. The van der Waals surface area contributed by atoms with Gasteiger partial charge in [0.25, 0.3) is 5.91 Å². The molecule has 0 aliphatic heterocycles. The van der Waals surface area contributed by atoms with Gasteiger partial charge in [0, 0.05) is 11.3 Å². The summed E-state index contributed by atoms with van der Waals surface area (Å²) in [5.74, 6) is -0.951. The van der Waals surface area contributed by atoms with Gasteiger partial charge in [-0.2, -0.15) is 12.6 Å². The van der Waals surface area contributed by atoms with Gasteiger partial charge in [-0.05, 0) is 24.6 Å². The van der Waals surface area contributed by atoms with E-state index in [9.17, 15) is 14.8 Å². The lowest BCUT2D eigenvalue weighted by atomic mass is 10.1. The van der Waals surface area contributed by atoms with E-state index in [4.69, 9.17) is 9.94 Å². The molecule has 2 N–H and O–H groups in total. The fraction of sp³-hybridized carbons (Fsp3) is 0.385. The van der Waals surface area contributed by atoms with Gasteiger partial charge in [0.15, 0.2) is 0 Å². The summed E-state index contributed by atoms with van der Waals surface area (Å²) in [4.78, 5) is 28.1. The molecule has 1 rings (SSSR count). The molecular formula is C13H17N2O6S-. The SMILES string of the molecule is CCOC(=O)C(CS)NC(=O)c1cccc(CON([O-])O)c1. The Labute approximate surface area is 132 Å². The van der Waals surface area contributed by atoms with Crippen molar-refractivity contribution in [2.24, 2.45) is 0 Å². The second-order valence-corrected chi connectivity index (χ2v) is 4.54. The zero-order valence-electron chi connectivity index (χ0n) is 11.9. The van der Waals surface area contributed by atoms with Crippen LogP contribution in [0.15, 0.2) is 24.3 Å². The van der Waals surface area contributed by atoms with Crippen molar-refractivity contribution in [3.8, 4) is 0 Å². The van der Waals surface area contributed by atoms with Gasteiger partial charge < -0.3 is 20.5 Å². The number of ether oxygens (including phenoxy) is 1. The highest BCUT2D eigenvalue weighted by atomic mass is 32.1. The molecule has 0 saturated carbocycles. The van der Waals surface area contributed by atoms with E-state index in [1.165, 1.54) is 12.1 Å². The minimum Gasteiger partial charge on any atom is -0.738 e. The first-order valence-corrected chi connectivity index (χ1v) is 7.07. The van der Waals surface area contributed by atoms with Crippen LogP contribution in [-0.2, 0) is 21.0 Å². The molecule has 0 saturated heterocycles. The number of hydrogen-bond donors (Lipinski definition) is 3. The lowest BCUT2D eigenvalue weighted by Gasteiger charge is -2.18. The van der Waals surface area contributed by atoms with Crippen LogP contribution in [0.2, 0.25) is 0 Å². The molecule has 0 aliphatic carbocycles. The van der Waals surface area contributed by atoms with Gasteiger partial charge in [0.2, 0.25) is 0 Å². The first-order chi connectivity index (χ1) is 10.5. The molecule has 0 aliphatic rings. The zero-order valence-corrected chi connectivity index (χ0v) is 12.8. The van der Waals surface area contributed by atoms with Crippen LogP contribution < -0.4 is 5.32 Å². The molecule has 1 atom stereocenters. The molecule has 0 radical (unpaired) electrons. The molecule has 0 aromatic heterocycles. The van der Waals surface area contributed by atoms with E-state index in [1.807, 2.05) is 0 Å². The van der Waals surface area contributed by atoms with Crippen LogP contribution in [0.4, 0.5) is 0 Å². The van der Waals surface area contributed by atoms with Crippen LogP contribution in [0.3, 0.4) is 0 Å². The summed E-state index contributed by atoms with van der Waals surface area (Å²) in [5.41, 5.74) is 0.772. The monoisotopic (exact) mass is 329 g/mol. The molecule has 0 spiro atoms. The number of hydrogen-bond acceptors (Lipinski definition) is 8. The van der Waals surface area contributed by atoms with E-state index < -0.39 is 23.3 Å². The Morgan fingerprint density at radius 3 is 2.82 bits per heavy atom. The van der Waals surface area contributed by atoms with Gasteiger partial charge in [-0.3, -0.25) is 9.63 Å². The highest BCUT2D eigenvalue weighted by Crippen LogP contribution is 2.08. The summed E-state index contributed by atoms with van der Waals surface area (Å²) in [5, 5.41) is 20.5. The van der Waals surface area contributed by atoms with Gasteiger partial charge in [0.1, 0.15) is 6.04 Å². The summed E-state index contributed by atoms with van der Waals surface area (Å²) < 4.78 is 4.83. The van der Waals surface area contributed by atoms with E-state index in [0.717, 1.165) is 0 Å². The fourth-order valence-electron chi connectivity index (χ4n) is 1.60. The highest BCUT2D eigenvalue weighted by Gasteiger charge is 2.21. The number of amides is 1. The van der Waals surface area contributed by atoms with Crippen molar-refractivity contribution < 1.29 is 24.4 Å². The molecule has 1 unspecified atom stereocenters. The van der Waals surface area contributed by atoms with Crippen LogP contribution in [0.1, 0.15) is 22.8 Å². The average Bonchev–Trinajstić information content (AvgIpc) is 2.50. The number of carbonyl (C=O) groups excluding carboxylic acids is 2. The summed E-state index contributed by atoms with van der Waals surface area (Å²) in [6, 6.07) is 5.35. The van der Waals surface area contributed by atoms with Crippen molar-refractivity contribution in [2.75, 3.05) is 12.4 Å². The Hall–Kier alpha value is -1.65. The number of esters is 1. The zero-order chi connectivity index (χ0) is 16.5. The summed E-state index contributed by atoms with van der Waals surface area (Å²) in [7, 11) is 0. The molecule has 0 bridgehead atoms. The maximum Gasteiger partial charge on any atom is 0.329 e. The molecule has 0 fully saturated rings. The van der Waals surface area contributed by atoms with Crippen molar-refractivity contribution in [1.29, 1.82) is 0 Å². The Morgan fingerprint density at radius 2 is 2.23 bits per heavy atom. The molecule has 1 aromatic carbocycles. The third kappa shape index (κ3) is 6.00. The van der Waals surface area contributed by atoms with Crippen LogP contribution in [-0.4, -0.2) is 40.9 Å². The predicted molar refractivity (Wildman–Crippen MR) is 80.0 cm³/mol. The van der Waals surface area contributed by atoms with Crippen LogP contribution >= 0.6 is 12.6 Å². The van der Waals surface area contributed by atoms with Crippen LogP contribution in [0.25, 0.3) is 0 Å². The summed E-state index contributed by atoms with van der Waals surface area (Å²) in [6.45, 7) is 1.67. The number of benzene rings is 1. The largest absolute Gasteiger partial charge is 0.738 e. The van der Waals surface area contributed by atoms with Gasteiger partial charge in [-0.1, -0.05) is 12.1 Å². The van der Waals surface area contributed by atoms with Crippen molar-refractivity contribution >= 4 is 24.5 Å². The Morgan fingerprint density at radius 1 is 1.50 bits per heavy atom. The minimum absolute atomic E-state index is 0.100. The third-order valence-corrected chi connectivity index (χ3v) is 2.95. The predicted octanol–water partition coefficient (Wildman–Crippen LogP) is 0.898. The van der Waals surface area contributed by atoms with E-state index in [2.05, 4.69) is 22.8 Å². The van der Waals surface area contributed by atoms with Gasteiger partial charge in [-0.15, -0.1) is 5.39 Å². The number of rotatable bonds is 8. The fourth-order valence-corrected chi connectivity index (χ4v) is 1.84. The van der Waals surface area contributed by atoms with Crippen LogP contribution in [0.5, 0.6) is 0 Å². The molecular weight excluding hydrogens is 312 g/mol. The van der Waals surface area contributed by atoms with E-state index in [-0.39, 0.29) is 24.5 Å². The maximum atomic E-state index is 12.1. The number of nitrogens with one attached hydrogen (secondary N) is 1. The standard InChI is InChI=1S/C13H17N2O6S/c1-2-20-13(17)11(8-22)14-12(16)10-5-3-4-9(6-10)7-21-15(18)19/h3-6,11,18,22H,2,7-8H2,1H3,(H,14,16)/q-1. The van der Waals surface area contributed by atoms with Crippen molar-refractivity contribution in [3.05, 3.63) is 40.6 Å². The highest BCUT2D eigenvalue weighted by molar-refractivity contribution is 7.80. The van der Waals surface area contributed by atoms with E-state index in [0.29, 0.717) is 5.56 Å². The van der Waals surface area contributed by atoms with E-state index in [1.54, 1.807) is 19.1 Å². The summed E-state index contributed by atoms with van der Waals surface area (Å²) >= 11 is 4.01. The molecule has 8 nitrogen and oxygen atoms in total. The van der Waals surface area contributed by atoms with E-state index >= 15 is 0 Å². The summed E-state index contributed by atoms with van der Waals surface area (Å²) in [6.07, 6.45) is 0. The number of nitrogens with zero attached hydrogens (tertiary/aromatic N) is 1. The molecule has 1 amide bonds. The molecule has 122 valence electrons.